The Bertz CT molecular complexity index is 1060. The molecule has 152 valence electrons. The van der Waals surface area contributed by atoms with E-state index < -0.39 is 17.7 Å². The van der Waals surface area contributed by atoms with Crippen molar-refractivity contribution in [3.05, 3.63) is 47.0 Å². The lowest BCUT2D eigenvalue weighted by atomic mass is 10.2. The van der Waals surface area contributed by atoms with E-state index in [0.717, 1.165) is 0 Å². The number of carbonyl (C=O) groups is 2. The number of aromatic nitrogens is 4. The number of fused-ring (bicyclic) bond motifs is 1. The fourth-order valence-corrected chi connectivity index (χ4v) is 2.90. The van der Waals surface area contributed by atoms with Crippen molar-refractivity contribution in [1.29, 1.82) is 0 Å². The van der Waals surface area contributed by atoms with E-state index in [0.29, 0.717) is 21.5 Å². The zero-order valence-corrected chi connectivity index (χ0v) is 18.0. The molecule has 0 bridgehead atoms. The number of rotatable bonds is 4. The number of ether oxygens (including phenoxy) is 2. The third kappa shape index (κ3) is 4.53. The SMILES string of the molecule is CCOC(=O)c1cccc(N(C(=O)OC(C)(C)C)c2ncc(Br)n3ncnc23)c1. The minimum absolute atomic E-state index is 0.209. The maximum absolute atomic E-state index is 13.1. The molecule has 0 aliphatic carbocycles. The molecule has 0 saturated carbocycles. The third-order valence-electron chi connectivity index (χ3n) is 3.65. The monoisotopic (exact) mass is 461 g/mol. The molecule has 10 heteroatoms. The molecule has 0 N–H and O–H groups in total. The van der Waals surface area contributed by atoms with Crippen molar-refractivity contribution < 1.29 is 19.1 Å². The number of benzene rings is 1. The van der Waals surface area contributed by atoms with Gasteiger partial charge >= 0.3 is 12.1 Å². The van der Waals surface area contributed by atoms with Gasteiger partial charge in [0.05, 0.1) is 24.1 Å². The Morgan fingerprint density at radius 2 is 2.00 bits per heavy atom. The molecule has 0 saturated heterocycles. The van der Waals surface area contributed by atoms with E-state index in [-0.39, 0.29) is 12.4 Å². The average Bonchev–Trinajstić information content (AvgIpc) is 3.14. The van der Waals surface area contributed by atoms with Gasteiger partial charge in [0.1, 0.15) is 16.5 Å². The van der Waals surface area contributed by atoms with E-state index >= 15 is 0 Å². The molecule has 2 aromatic heterocycles. The van der Waals surface area contributed by atoms with E-state index in [1.54, 1.807) is 52.0 Å². The lowest BCUT2D eigenvalue weighted by Gasteiger charge is -2.27. The molecule has 9 nitrogen and oxygen atoms in total. The molecule has 0 unspecified atom stereocenters. The van der Waals surface area contributed by atoms with Crippen LogP contribution < -0.4 is 4.90 Å². The van der Waals surface area contributed by atoms with Crippen molar-refractivity contribution in [2.24, 2.45) is 0 Å². The smallest absolute Gasteiger partial charge is 0.420 e. The summed E-state index contributed by atoms with van der Waals surface area (Å²) in [5, 5.41) is 4.12. The van der Waals surface area contributed by atoms with Crippen LogP contribution in [0.15, 0.2) is 41.4 Å². The normalized spacial score (nSPS) is 11.3. The fraction of sp³-hybridized carbons (Fsp3) is 0.316. The Hall–Kier alpha value is -3.01. The highest BCUT2D eigenvalue weighted by atomic mass is 79.9. The van der Waals surface area contributed by atoms with Crippen LogP contribution in [0.2, 0.25) is 0 Å². The first-order valence-corrected chi connectivity index (χ1v) is 9.65. The van der Waals surface area contributed by atoms with Gasteiger partial charge in [0.25, 0.3) is 0 Å². The Morgan fingerprint density at radius 1 is 1.24 bits per heavy atom. The molecule has 1 amide bonds. The first kappa shape index (κ1) is 20.7. The summed E-state index contributed by atoms with van der Waals surface area (Å²) in [6.07, 6.45) is 2.19. The maximum Gasteiger partial charge on any atom is 0.420 e. The minimum Gasteiger partial charge on any atom is -0.462 e. The summed E-state index contributed by atoms with van der Waals surface area (Å²) in [6, 6.07) is 6.47. The molecule has 0 aliphatic rings. The summed E-state index contributed by atoms with van der Waals surface area (Å²) < 4.78 is 12.7. The number of nitrogens with zero attached hydrogens (tertiary/aromatic N) is 5. The van der Waals surface area contributed by atoms with E-state index in [1.165, 1.54) is 21.9 Å². The summed E-state index contributed by atoms with van der Waals surface area (Å²) in [5.41, 5.74) is 0.275. The van der Waals surface area contributed by atoms with Crippen LogP contribution in [0.4, 0.5) is 16.3 Å². The van der Waals surface area contributed by atoms with E-state index in [4.69, 9.17) is 9.47 Å². The van der Waals surface area contributed by atoms with Gasteiger partial charge in [-0.15, -0.1) is 0 Å². The van der Waals surface area contributed by atoms with E-state index in [1.807, 2.05) is 0 Å². The molecule has 2 heterocycles. The number of halogens is 1. The van der Waals surface area contributed by atoms with Gasteiger partial charge in [0.15, 0.2) is 11.5 Å². The molecular weight excluding hydrogens is 442 g/mol. The Balaban J connectivity index is 2.15. The number of carbonyl (C=O) groups excluding carboxylic acids is 2. The number of amides is 1. The second-order valence-corrected chi connectivity index (χ2v) is 7.80. The van der Waals surface area contributed by atoms with Crippen LogP contribution in [0.3, 0.4) is 0 Å². The van der Waals surface area contributed by atoms with Gasteiger partial charge < -0.3 is 9.47 Å². The van der Waals surface area contributed by atoms with E-state index in [9.17, 15) is 9.59 Å². The average molecular weight is 462 g/mol. The Kier molecular flexibility index (Phi) is 5.83. The van der Waals surface area contributed by atoms with Crippen molar-refractivity contribution in [1.82, 2.24) is 19.6 Å². The second kappa shape index (κ2) is 8.16. The number of hydrogen-bond acceptors (Lipinski definition) is 7. The topological polar surface area (TPSA) is 98.9 Å². The molecular formula is C19H20BrN5O4. The lowest BCUT2D eigenvalue weighted by molar-refractivity contribution is 0.0523. The van der Waals surface area contributed by atoms with Crippen LogP contribution in [0.1, 0.15) is 38.1 Å². The number of anilines is 2. The summed E-state index contributed by atoms with van der Waals surface area (Å²) >= 11 is 3.35. The standard InChI is InChI=1S/C19H20BrN5O4/c1-5-28-17(26)12-7-6-8-13(9-12)24(18(27)29-19(2,3)4)15-16-22-11-23-25(16)14(20)10-21-15/h6-11H,5H2,1-4H3. The van der Waals surface area contributed by atoms with Gasteiger partial charge in [0.2, 0.25) is 0 Å². The molecule has 0 fully saturated rings. The Morgan fingerprint density at radius 3 is 2.69 bits per heavy atom. The zero-order chi connectivity index (χ0) is 21.2. The van der Waals surface area contributed by atoms with Crippen molar-refractivity contribution in [3.8, 4) is 0 Å². The first-order valence-electron chi connectivity index (χ1n) is 8.86. The highest BCUT2D eigenvalue weighted by molar-refractivity contribution is 9.10. The second-order valence-electron chi connectivity index (χ2n) is 6.99. The number of hydrogen-bond donors (Lipinski definition) is 0. The van der Waals surface area contributed by atoms with Gasteiger partial charge in [-0.1, -0.05) is 6.07 Å². The summed E-state index contributed by atoms with van der Waals surface area (Å²) in [4.78, 5) is 35.1. The third-order valence-corrected chi connectivity index (χ3v) is 4.19. The largest absolute Gasteiger partial charge is 0.462 e. The molecule has 0 atom stereocenters. The van der Waals surface area contributed by atoms with Gasteiger partial charge in [-0.3, -0.25) is 0 Å². The number of esters is 1. The quantitative estimate of drug-likeness (QED) is 0.538. The van der Waals surface area contributed by atoms with Gasteiger partial charge in [0, 0.05) is 0 Å². The highest BCUT2D eigenvalue weighted by Gasteiger charge is 2.29. The molecule has 3 aromatic rings. The van der Waals surface area contributed by atoms with Crippen LogP contribution in [0.25, 0.3) is 5.65 Å². The van der Waals surface area contributed by atoms with Crippen LogP contribution in [0.5, 0.6) is 0 Å². The first-order chi connectivity index (χ1) is 13.7. The van der Waals surface area contributed by atoms with Crippen LogP contribution in [-0.4, -0.2) is 43.9 Å². The predicted molar refractivity (Wildman–Crippen MR) is 109 cm³/mol. The summed E-state index contributed by atoms with van der Waals surface area (Å²) in [7, 11) is 0. The summed E-state index contributed by atoms with van der Waals surface area (Å²) in [6.45, 7) is 7.26. The van der Waals surface area contributed by atoms with Crippen molar-refractivity contribution in [2.45, 2.75) is 33.3 Å². The highest BCUT2D eigenvalue weighted by Crippen LogP contribution is 2.30. The van der Waals surface area contributed by atoms with Gasteiger partial charge in [-0.05, 0) is 61.8 Å². The van der Waals surface area contributed by atoms with Crippen LogP contribution >= 0.6 is 15.9 Å². The minimum atomic E-state index is -0.743. The van der Waals surface area contributed by atoms with Crippen LogP contribution in [0, 0.1) is 0 Å². The van der Waals surface area contributed by atoms with Gasteiger partial charge in [-0.2, -0.15) is 5.10 Å². The summed E-state index contributed by atoms with van der Waals surface area (Å²) in [5.74, 6) is -0.282. The van der Waals surface area contributed by atoms with Gasteiger partial charge in [-0.25, -0.2) is 29.0 Å². The molecule has 1 aromatic carbocycles. The van der Waals surface area contributed by atoms with Crippen molar-refractivity contribution >= 4 is 45.1 Å². The molecule has 0 aliphatic heterocycles. The van der Waals surface area contributed by atoms with E-state index in [2.05, 4.69) is 31.0 Å². The van der Waals surface area contributed by atoms with Crippen molar-refractivity contribution in [2.75, 3.05) is 11.5 Å². The molecule has 0 radical (unpaired) electrons. The van der Waals surface area contributed by atoms with Crippen molar-refractivity contribution in [3.63, 3.8) is 0 Å². The molecule has 3 rings (SSSR count). The fourth-order valence-electron chi connectivity index (χ4n) is 2.54. The zero-order valence-electron chi connectivity index (χ0n) is 16.4. The Labute approximate surface area is 175 Å². The maximum atomic E-state index is 13.1. The predicted octanol–water partition coefficient (Wildman–Crippen LogP) is 4.14. The lowest BCUT2D eigenvalue weighted by Crippen LogP contribution is -2.34. The molecule has 0 spiro atoms. The molecule has 29 heavy (non-hydrogen) atoms. The van der Waals surface area contributed by atoms with Crippen LogP contribution in [-0.2, 0) is 9.47 Å².